The lowest BCUT2D eigenvalue weighted by atomic mass is 9.53. The predicted molar refractivity (Wildman–Crippen MR) is 82.6 cm³/mol. The Kier molecular flexibility index (Phi) is 3.87. The van der Waals surface area contributed by atoms with Crippen LogP contribution >= 0.6 is 0 Å². The summed E-state index contributed by atoms with van der Waals surface area (Å²) >= 11 is 0. The van der Waals surface area contributed by atoms with Gasteiger partial charge in [-0.15, -0.1) is 0 Å². The second kappa shape index (κ2) is 5.50. The van der Waals surface area contributed by atoms with Crippen molar-refractivity contribution in [3.63, 3.8) is 0 Å². The Labute approximate surface area is 122 Å². The smallest absolute Gasteiger partial charge is 0.0540 e. The summed E-state index contributed by atoms with van der Waals surface area (Å²) in [5.41, 5.74) is 8.24. The molecular weight excluding hydrogens is 246 g/mol. The van der Waals surface area contributed by atoms with Crippen molar-refractivity contribution in [1.29, 1.82) is 0 Å². The molecule has 110 valence electrons. The summed E-state index contributed by atoms with van der Waals surface area (Å²) in [4.78, 5) is 0. The van der Waals surface area contributed by atoms with Gasteiger partial charge in [0.1, 0.15) is 0 Å². The minimum Gasteiger partial charge on any atom is -0.393 e. The van der Waals surface area contributed by atoms with E-state index in [9.17, 15) is 5.11 Å². The van der Waals surface area contributed by atoms with E-state index in [1.165, 1.54) is 31.2 Å². The van der Waals surface area contributed by atoms with Crippen molar-refractivity contribution in [1.82, 2.24) is 0 Å². The highest BCUT2D eigenvalue weighted by molar-refractivity contribution is 5.31. The van der Waals surface area contributed by atoms with E-state index >= 15 is 0 Å². The number of aliphatic hydroxyl groups excluding tert-OH is 1. The molecule has 0 radical (unpaired) electrons. The molecule has 0 amide bonds. The fourth-order valence-electron chi connectivity index (χ4n) is 4.89. The Balaban J connectivity index is 2.01. The zero-order chi connectivity index (χ0) is 14.1. The molecule has 20 heavy (non-hydrogen) atoms. The highest BCUT2D eigenvalue weighted by Gasteiger charge is 2.53. The minimum atomic E-state index is -0.107. The van der Waals surface area contributed by atoms with Crippen LogP contribution in [0.15, 0.2) is 30.3 Å². The molecule has 2 aliphatic rings. The lowest BCUT2D eigenvalue weighted by Crippen LogP contribution is -2.51. The van der Waals surface area contributed by atoms with Crippen LogP contribution in [0.5, 0.6) is 0 Å². The van der Waals surface area contributed by atoms with Gasteiger partial charge in [-0.05, 0) is 56.0 Å². The Morgan fingerprint density at radius 3 is 2.15 bits per heavy atom. The maximum Gasteiger partial charge on any atom is 0.0540 e. The van der Waals surface area contributed by atoms with Gasteiger partial charge in [0.15, 0.2) is 0 Å². The average Bonchev–Trinajstić information content (AvgIpc) is 3.01. The van der Waals surface area contributed by atoms with Crippen molar-refractivity contribution < 1.29 is 5.11 Å². The third-order valence-corrected chi connectivity index (χ3v) is 6.10. The van der Waals surface area contributed by atoms with Gasteiger partial charge in [0, 0.05) is 5.41 Å². The van der Waals surface area contributed by atoms with Crippen LogP contribution < -0.4 is 5.73 Å². The van der Waals surface area contributed by atoms with E-state index in [1.54, 1.807) is 0 Å². The van der Waals surface area contributed by atoms with E-state index in [-0.39, 0.29) is 16.9 Å². The van der Waals surface area contributed by atoms with Gasteiger partial charge >= 0.3 is 0 Å². The van der Waals surface area contributed by atoms with Crippen molar-refractivity contribution >= 4 is 0 Å². The van der Waals surface area contributed by atoms with Crippen molar-refractivity contribution in [2.75, 3.05) is 6.54 Å². The van der Waals surface area contributed by atoms with Gasteiger partial charge in [0.05, 0.1) is 6.10 Å². The van der Waals surface area contributed by atoms with Crippen LogP contribution in [0.3, 0.4) is 0 Å². The van der Waals surface area contributed by atoms with E-state index in [1.807, 2.05) is 0 Å². The summed E-state index contributed by atoms with van der Waals surface area (Å²) in [7, 11) is 0. The van der Waals surface area contributed by atoms with Gasteiger partial charge < -0.3 is 10.8 Å². The molecule has 1 aromatic carbocycles. The molecule has 3 rings (SSSR count). The van der Waals surface area contributed by atoms with Gasteiger partial charge in [-0.1, -0.05) is 43.2 Å². The number of hydrogen-bond acceptors (Lipinski definition) is 2. The van der Waals surface area contributed by atoms with E-state index in [0.29, 0.717) is 0 Å². The molecule has 0 atom stereocenters. The third-order valence-electron chi connectivity index (χ3n) is 6.10. The molecule has 0 unspecified atom stereocenters. The Bertz CT molecular complexity index is 428. The van der Waals surface area contributed by atoms with Crippen molar-refractivity contribution in [2.45, 2.75) is 62.9 Å². The van der Waals surface area contributed by atoms with E-state index < -0.39 is 0 Å². The molecular formula is C18H27NO. The second-order valence-corrected chi connectivity index (χ2v) is 6.87. The molecule has 2 fully saturated rings. The fourth-order valence-corrected chi connectivity index (χ4v) is 4.89. The first kappa shape index (κ1) is 14.1. The lowest BCUT2D eigenvalue weighted by Gasteiger charge is -2.52. The molecule has 0 heterocycles. The number of nitrogens with two attached hydrogens (primary N) is 1. The molecule has 2 aliphatic carbocycles. The number of rotatable bonds is 3. The van der Waals surface area contributed by atoms with Crippen molar-refractivity contribution in [2.24, 2.45) is 11.1 Å². The summed E-state index contributed by atoms with van der Waals surface area (Å²) in [5, 5.41) is 9.89. The maximum atomic E-state index is 9.89. The topological polar surface area (TPSA) is 46.2 Å². The fraction of sp³-hybridized carbons (Fsp3) is 0.667. The summed E-state index contributed by atoms with van der Waals surface area (Å²) < 4.78 is 0. The van der Waals surface area contributed by atoms with Crippen LogP contribution in [-0.4, -0.2) is 17.8 Å². The SMILES string of the molecule is NCC1(C2(c3ccccc3)CCCC2)CCC(O)CC1. The third kappa shape index (κ3) is 2.10. The van der Waals surface area contributed by atoms with Crippen LogP contribution in [0.25, 0.3) is 0 Å². The van der Waals surface area contributed by atoms with Crippen LogP contribution in [0.2, 0.25) is 0 Å². The Morgan fingerprint density at radius 1 is 1.00 bits per heavy atom. The molecule has 0 spiro atoms. The van der Waals surface area contributed by atoms with E-state index in [2.05, 4.69) is 30.3 Å². The molecule has 2 heteroatoms. The lowest BCUT2D eigenvalue weighted by molar-refractivity contribution is 0.0130. The molecule has 0 aromatic heterocycles. The highest BCUT2D eigenvalue weighted by Crippen LogP contribution is 2.58. The van der Waals surface area contributed by atoms with Gasteiger partial charge in [0.2, 0.25) is 0 Å². The average molecular weight is 273 g/mol. The molecule has 0 saturated heterocycles. The minimum absolute atomic E-state index is 0.107. The molecule has 2 saturated carbocycles. The molecule has 2 nitrogen and oxygen atoms in total. The van der Waals surface area contributed by atoms with Crippen LogP contribution in [-0.2, 0) is 5.41 Å². The van der Waals surface area contributed by atoms with Gasteiger partial charge in [-0.2, -0.15) is 0 Å². The molecule has 3 N–H and O–H groups in total. The van der Waals surface area contributed by atoms with Crippen LogP contribution in [0.4, 0.5) is 0 Å². The second-order valence-electron chi connectivity index (χ2n) is 6.87. The van der Waals surface area contributed by atoms with E-state index in [0.717, 1.165) is 32.2 Å². The molecule has 0 bridgehead atoms. The number of aliphatic hydroxyl groups is 1. The molecule has 0 aliphatic heterocycles. The number of hydrogen-bond donors (Lipinski definition) is 2. The Morgan fingerprint density at radius 2 is 1.60 bits per heavy atom. The molecule has 1 aromatic rings. The van der Waals surface area contributed by atoms with Gasteiger partial charge in [-0.3, -0.25) is 0 Å². The summed E-state index contributed by atoms with van der Waals surface area (Å²) in [6.45, 7) is 0.759. The van der Waals surface area contributed by atoms with Gasteiger partial charge in [-0.25, -0.2) is 0 Å². The largest absolute Gasteiger partial charge is 0.393 e. The number of benzene rings is 1. The zero-order valence-corrected chi connectivity index (χ0v) is 12.4. The zero-order valence-electron chi connectivity index (χ0n) is 12.4. The van der Waals surface area contributed by atoms with Crippen molar-refractivity contribution in [3.8, 4) is 0 Å². The Hall–Kier alpha value is -0.860. The quantitative estimate of drug-likeness (QED) is 0.887. The monoisotopic (exact) mass is 273 g/mol. The standard InChI is InChI=1S/C18H27NO/c19-14-17(12-8-16(20)9-13-17)18(10-4-5-11-18)15-6-2-1-3-7-15/h1-3,6-7,16,20H,4-5,8-14,19H2. The summed E-state index contributed by atoms with van der Waals surface area (Å²) in [6.07, 6.45) is 9.08. The van der Waals surface area contributed by atoms with Crippen molar-refractivity contribution in [3.05, 3.63) is 35.9 Å². The highest BCUT2D eigenvalue weighted by atomic mass is 16.3. The predicted octanol–water partition coefficient (Wildman–Crippen LogP) is 3.38. The first-order chi connectivity index (χ1) is 9.72. The van der Waals surface area contributed by atoms with Gasteiger partial charge in [0.25, 0.3) is 0 Å². The van der Waals surface area contributed by atoms with Crippen LogP contribution in [0.1, 0.15) is 56.9 Å². The first-order valence-corrected chi connectivity index (χ1v) is 8.16. The first-order valence-electron chi connectivity index (χ1n) is 8.16. The van der Waals surface area contributed by atoms with Crippen LogP contribution in [0, 0.1) is 5.41 Å². The summed E-state index contributed by atoms with van der Waals surface area (Å²) in [6, 6.07) is 11.0. The maximum absolute atomic E-state index is 9.89. The normalized spacial score (nSPS) is 33.2. The van der Waals surface area contributed by atoms with E-state index in [4.69, 9.17) is 5.73 Å². The summed E-state index contributed by atoms with van der Waals surface area (Å²) in [5.74, 6) is 0.